The van der Waals surface area contributed by atoms with Crippen LogP contribution in [0.1, 0.15) is 24.4 Å². The third kappa shape index (κ3) is 3.51. The molecule has 136 valence electrons. The summed E-state index contributed by atoms with van der Waals surface area (Å²) in [6.07, 6.45) is 0.898. The van der Waals surface area contributed by atoms with Crippen LogP contribution < -0.4 is 10.9 Å². The van der Waals surface area contributed by atoms with Crippen molar-refractivity contribution in [3.05, 3.63) is 35.6 Å². The average Bonchev–Trinajstić information content (AvgIpc) is 3.23. The summed E-state index contributed by atoms with van der Waals surface area (Å²) in [5, 5.41) is 9.50. The molecule has 0 saturated carbocycles. The molecule has 2 heterocycles. The van der Waals surface area contributed by atoms with Crippen LogP contribution in [0, 0.1) is 11.2 Å². The van der Waals surface area contributed by atoms with Gasteiger partial charge >= 0.3 is 5.97 Å². The zero-order valence-corrected chi connectivity index (χ0v) is 14.0. The average molecular weight is 351 g/mol. The van der Waals surface area contributed by atoms with Crippen molar-refractivity contribution in [3.8, 4) is 0 Å². The zero-order valence-electron chi connectivity index (χ0n) is 14.0. The molecule has 7 nitrogen and oxygen atoms in total. The van der Waals surface area contributed by atoms with Crippen LogP contribution >= 0.6 is 0 Å². The van der Waals surface area contributed by atoms with Crippen molar-refractivity contribution in [2.75, 3.05) is 26.8 Å². The second kappa shape index (κ2) is 7.07. The number of aliphatic carboxylic acids is 1. The number of carboxylic acid groups (broad SMARTS) is 1. The number of nitrogens with zero attached hydrogens (tertiary/aromatic N) is 1. The first kappa shape index (κ1) is 17.8. The molecule has 25 heavy (non-hydrogen) atoms. The van der Waals surface area contributed by atoms with Crippen molar-refractivity contribution in [2.24, 2.45) is 5.41 Å². The summed E-state index contributed by atoms with van der Waals surface area (Å²) in [6.45, 7) is 0.628. The molecule has 2 fully saturated rings. The van der Waals surface area contributed by atoms with Crippen LogP contribution in [0.2, 0.25) is 0 Å². The van der Waals surface area contributed by atoms with E-state index in [0.29, 0.717) is 19.4 Å². The number of methoxy groups -OCH3 is 1. The van der Waals surface area contributed by atoms with Gasteiger partial charge in [0.15, 0.2) is 0 Å². The van der Waals surface area contributed by atoms with Gasteiger partial charge in [-0.1, -0.05) is 12.1 Å². The molecule has 0 bridgehead atoms. The third-order valence-electron chi connectivity index (χ3n) is 5.01. The number of nitrogens with one attached hydrogen (secondary N) is 2. The Labute approximate surface area is 145 Å². The molecule has 0 spiro atoms. The second-order valence-corrected chi connectivity index (χ2v) is 6.71. The lowest BCUT2D eigenvalue weighted by Crippen LogP contribution is -2.47. The van der Waals surface area contributed by atoms with Gasteiger partial charge in [-0.05, 0) is 30.5 Å². The van der Waals surface area contributed by atoms with E-state index in [4.69, 9.17) is 4.74 Å². The van der Waals surface area contributed by atoms with Gasteiger partial charge in [-0.2, -0.15) is 0 Å². The molecule has 0 aromatic heterocycles. The second-order valence-electron chi connectivity index (χ2n) is 6.71. The van der Waals surface area contributed by atoms with Crippen LogP contribution in [0.25, 0.3) is 0 Å². The Morgan fingerprint density at radius 3 is 2.72 bits per heavy atom. The SMILES string of the molecule is COCC1(C(=O)O)CCN(C(=O)C2CC(c3ccc(F)cc3)NN2)C1. The van der Waals surface area contributed by atoms with Crippen LogP contribution in [0.15, 0.2) is 24.3 Å². The van der Waals surface area contributed by atoms with Crippen molar-refractivity contribution in [1.82, 2.24) is 15.8 Å². The Balaban J connectivity index is 1.63. The summed E-state index contributed by atoms with van der Waals surface area (Å²) in [5.74, 6) is -1.37. The number of rotatable bonds is 5. The summed E-state index contributed by atoms with van der Waals surface area (Å²) >= 11 is 0. The summed E-state index contributed by atoms with van der Waals surface area (Å²) in [5.41, 5.74) is 5.88. The summed E-state index contributed by atoms with van der Waals surface area (Å²) in [6, 6.07) is 5.61. The van der Waals surface area contributed by atoms with Crippen LogP contribution in [-0.4, -0.2) is 54.7 Å². The molecule has 2 saturated heterocycles. The van der Waals surface area contributed by atoms with Crippen LogP contribution in [0.5, 0.6) is 0 Å². The molecule has 0 aliphatic carbocycles. The molecular formula is C17H22FN3O4. The van der Waals surface area contributed by atoms with Gasteiger partial charge in [0.25, 0.3) is 0 Å². The number of benzene rings is 1. The van der Waals surface area contributed by atoms with E-state index in [9.17, 15) is 19.1 Å². The molecule has 0 radical (unpaired) electrons. The summed E-state index contributed by atoms with van der Waals surface area (Å²) in [7, 11) is 1.46. The maximum absolute atomic E-state index is 13.0. The molecule has 2 aliphatic rings. The minimum Gasteiger partial charge on any atom is -0.481 e. The maximum Gasteiger partial charge on any atom is 0.313 e. The number of carbonyl (C=O) groups is 2. The van der Waals surface area contributed by atoms with E-state index in [1.54, 1.807) is 17.0 Å². The minimum atomic E-state index is -1.03. The lowest BCUT2D eigenvalue weighted by atomic mass is 9.88. The van der Waals surface area contributed by atoms with E-state index in [0.717, 1.165) is 5.56 Å². The fourth-order valence-corrected chi connectivity index (χ4v) is 3.54. The number of halogens is 1. The first-order valence-corrected chi connectivity index (χ1v) is 8.23. The Kier molecular flexibility index (Phi) is 5.03. The van der Waals surface area contributed by atoms with Gasteiger partial charge in [0.05, 0.1) is 6.61 Å². The fourth-order valence-electron chi connectivity index (χ4n) is 3.54. The van der Waals surface area contributed by atoms with Crippen molar-refractivity contribution in [1.29, 1.82) is 0 Å². The smallest absolute Gasteiger partial charge is 0.313 e. The topological polar surface area (TPSA) is 90.9 Å². The predicted molar refractivity (Wildman–Crippen MR) is 87.0 cm³/mol. The highest BCUT2D eigenvalue weighted by Crippen LogP contribution is 2.33. The normalized spacial score (nSPS) is 29.1. The number of likely N-dealkylation sites (tertiary alicyclic amines) is 1. The monoisotopic (exact) mass is 351 g/mol. The Morgan fingerprint density at radius 1 is 1.36 bits per heavy atom. The molecule has 1 amide bonds. The molecule has 3 N–H and O–H groups in total. The van der Waals surface area contributed by atoms with Gasteiger partial charge in [-0.3, -0.25) is 9.59 Å². The quantitative estimate of drug-likeness (QED) is 0.723. The van der Waals surface area contributed by atoms with Gasteiger partial charge in [0.1, 0.15) is 17.3 Å². The van der Waals surface area contributed by atoms with E-state index in [1.807, 2.05) is 0 Å². The summed E-state index contributed by atoms with van der Waals surface area (Å²) in [4.78, 5) is 25.9. The predicted octanol–water partition coefficient (Wildman–Crippen LogP) is 0.683. The first-order chi connectivity index (χ1) is 11.9. The minimum absolute atomic E-state index is 0.0840. The van der Waals surface area contributed by atoms with E-state index in [2.05, 4.69) is 10.9 Å². The highest BCUT2D eigenvalue weighted by Gasteiger charge is 2.48. The number of carbonyl (C=O) groups excluding carboxylic acids is 1. The Hall–Kier alpha value is -2.03. The van der Waals surface area contributed by atoms with E-state index in [-0.39, 0.29) is 30.9 Å². The molecule has 8 heteroatoms. The van der Waals surface area contributed by atoms with Crippen LogP contribution in [0.3, 0.4) is 0 Å². The summed E-state index contributed by atoms with van der Waals surface area (Å²) < 4.78 is 18.1. The van der Waals surface area contributed by atoms with Gasteiger partial charge < -0.3 is 14.7 Å². The number of hydrogen-bond donors (Lipinski definition) is 3. The van der Waals surface area contributed by atoms with Gasteiger partial charge in [-0.25, -0.2) is 15.2 Å². The molecule has 2 aliphatic heterocycles. The highest BCUT2D eigenvalue weighted by molar-refractivity contribution is 5.84. The van der Waals surface area contributed by atoms with Crippen molar-refractivity contribution in [3.63, 3.8) is 0 Å². The number of hydrogen-bond acceptors (Lipinski definition) is 5. The third-order valence-corrected chi connectivity index (χ3v) is 5.01. The van der Waals surface area contributed by atoms with Crippen molar-refractivity contribution < 1.29 is 23.8 Å². The van der Waals surface area contributed by atoms with Gasteiger partial charge in [-0.15, -0.1) is 0 Å². The van der Waals surface area contributed by atoms with Crippen LogP contribution in [-0.2, 0) is 14.3 Å². The molecule has 3 unspecified atom stereocenters. The van der Waals surface area contributed by atoms with Crippen LogP contribution in [0.4, 0.5) is 4.39 Å². The van der Waals surface area contributed by atoms with Crippen molar-refractivity contribution >= 4 is 11.9 Å². The van der Waals surface area contributed by atoms with E-state index in [1.165, 1.54) is 19.2 Å². The molecule has 1 aromatic carbocycles. The van der Waals surface area contributed by atoms with Crippen molar-refractivity contribution in [2.45, 2.75) is 24.9 Å². The molecule has 1 aromatic rings. The molecule has 3 rings (SSSR count). The largest absolute Gasteiger partial charge is 0.481 e. The number of hydrazine groups is 1. The van der Waals surface area contributed by atoms with E-state index >= 15 is 0 Å². The lowest BCUT2D eigenvalue weighted by Gasteiger charge is -2.25. The number of carboxylic acids is 1. The number of amides is 1. The van der Waals surface area contributed by atoms with Gasteiger partial charge in [0, 0.05) is 26.2 Å². The first-order valence-electron chi connectivity index (χ1n) is 8.23. The standard InChI is InChI=1S/C17H22FN3O4/c1-25-10-17(16(23)24)6-7-21(9-17)15(22)14-8-13(19-20-14)11-2-4-12(18)5-3-11/h2-5,13-14,19-20H,6-10H2,1H3,(H,23,24). The van der Waals surface area contributed by atoms with E-state index < -0.39 is 17.4 Å². The number of ether oxygens (including phenoxy) is 1. The lowest BCUT2D eigenvalue weighted by molar-refractivity contribution is -0.151. The Morgan fingerprint density at radius 2 is 2.08 bits per heavy atom. The van der Waals surface area contributed by atoms with Gasteiger partial charge in [0.2, 0.25) is 5.91 Å². The maximum atomic E-state index is 13.0. The Bertz CT molecular complexity index is 654. The zero-order chi connectivity index (χ0) is 18.0. The fraction of sp³-hybridized carbons (Fsp3) is 0.529. The highest BCUT2D eigenvalue weighted by atomic mass is 19.1. The molecule has 3 atom stereocenters. The molecular weight excluding hydrogens is 329 g/mol.